The summed E-state index contributed by atoms with van der Waals surface area (Å²) < 4.78 is 1.33. The number of fused-ring (bicyclic) bond motifs is 1. The highest BCUT2D eigenvalue weighted by atomic mass is 127. The molecule has 1 aliphatic carbocycles. The summed E-state index contributed by atoms with van der Waals surface area (Å²) >= 11 is 2.38. The molecule has 0 aliphatic heterocycles. The number of rotatable bonds is 5. The first-order valence-electron chi connectivity index (χ1n) is 6.76. The molecule has 1 unspecified atom stereocenters. The van der Waals surface area contributed by atoms with Crippen LogP contribution < -0.4 is 5.32 Å². The normalized spacial score (nSPS) is 17.6. The van der Waals surface area contributed by atoms with Crippen molar-refractivity contribution in [2.24, 2.45) is 0 Å². The summed E-state index contributed by atoms with van der Waals surface area (Å²) in [5.74, 6) is 0.219. The average Bonchev–Trinajstić information content (AvgIpc) is 2.73. The Kier molecular flexibility index (Phi) is 5.03. The molecule has 0 saturated carbocycles. The molecule has 98 valence electrons. The second-order valence-electron chi connectivity index (χ2n) is 5.01. The lowest BCUT2D eigenvalue weighted by atomic mass is 10.1. The molecule has 3 heteroatoms. The summed E-state index contributed by atoms with van der Waals surface area (Å²) in [5.41, 5.74) is 2.83. The highest BCUT2D eigenvalue weighted by Crippen LogP contribution is 2.26. The quantitative estimate of drug-likeness (QED) is 0.635. The SMILES string of the molecule is CCCCCC(=O)NC1Cc2cccc(I)c2C1. The predicted octanol–water partition coefficient (Wildman–Crippen LogP) is 3.45. The molecule has 1 N–H and O–H groups in total. The van der Waals surface area contributed by atoms with Crippen molar-refractivity contribution in [3.63, 3.8) is 0 Å². The first kappa shape index (κ1) is 13.8. The fourth-order valence-corrected chi connectivity index (χ4v) is 3.32. The molecule has 0 saturated heterocycles. The fraction of sp³-hybridized carbons (Fsp3) is 0.533. The van der Waals surface area contributed by atoms with E-state index < -0.39 is 0 Å². The van der Waals surface area contributed by atoms with Gasteiger partial charge in [-0.15, -0.1) is 0 Å². The number of carbonyl (C=O) groups is 1. The van der Waals surface area contributed by atoms with Crippen LogP contribution >= 0.6 is 22.6 Å². The molecule has 1 aromatic carbocycles. The van der Waals surface area contributed by atoms with Crippen LogP contribution in [0.3, 0.4) is 0 Å². The molecular weight excluding hydrogens is 337 g/mol. The topological polar surface area (TPSA) is 29.1 Å². The van der Waals surface area contributed by atoms with Crippen molar-refractivity contribution in [3.05, 3.63) is 32.9 Å². The molecule has 0 heterocycles. The van der Waals surface area contributed by atoms with Crippen LogP contribution in [-0.2, 0) is 17.6 Å². The Hall–Kier alpha value is -0.580. The molecule has 2 rings (SSSR count). The van der Waals surface area contributed by atoms with E-state index in [-0.39, 0.29) is 5.91 Å². The minimum Gasteiger partial charge on any atom is -0.353 e. The van der Waals surface area contributed by atoms with Gasteiger partial charge in [0.15, 0.2) is 0 Å². The van der Waals surface area contributed by atoms with Crippen molar-refractivity contribution in [1.29, 1.82) is 0 Å². The lowest BCUT2D eigenvalue weighted by molar-refractivity contribution is -0.121. The zero-order valence-corrected chi connectivity index (χ0v) is 13.0. The van der Waals surface area contributed by atoms with Gasteiger partial charge in [-0.2, -0.15) is 0 Å². The molecule has 1 aromatic rings. The second kappa shape index (κ2) is 6.55. The first-order valence-corrected chi connectivity index (χ1v) is 7.84. The minimum atomic E-state index is 0.219. The molecule has 0 fully saturated rings. The van der Waals surface area contributed by atoms with Crippen molar-refractivity contribution in [3.8, 4) is 0 Å². The number of benzene rings is 1. The number of unbranched alkanes of at least 4 members (excludes halogenated alkanes) is 2. The number of hydrogen-bond donors (Lipinski definition) is 1. The van der Waals surface area contributed by atoms with Gasteiger partial charge in [-0.3, -0.25) is 4.79 Å². The fourth-order valence-electron chi connectivity index (χ4n) is 2.54. The van der Waals surface area contributed by atoms with Crippen molar-refractivity contribution in [2.75, 3.05) is 0 Å². The lowest BCUT2D eigenvalue weighted by Gasteiger charge is -2.11. The Bertz CT molecular complexity index is 431. The van der Waals surface area contributed by atoms with Gasteiger partial charge in [0.05, 0.1) is 0 Å². The summed E-state index contributed by atoms with van der Waals surface area (Å²) in [6, 6.07) is 6.74. The molecule has 18 heavy (non-hydrogen) atoms. The van der Waals surface area contributed by atoms with E-state index in [4.69, 9.17) is 0 Å². The van der Waals surface area contributed by atoms with E-state index in [1.165, 1.54) is 21.1 Å². The van der Waals surface area contributed by atoms with Gasteiger partial charge < -0.3 is 5.32 Å². The number of nitrogens with one attached hydrogen (secondary N) is 1. The Labute approximate surface area is 123 Å². The highest BCUT2D eigenvalue weighted by molar-refractivity contribution is 14.1. The van der Waals surface area contributed by atoms with Gasteiger partial charge in [0.25, 0.3) is 0 Å². The summed E-state index contributed by atoms with van der Waals surface area (Å²) in [5, 5.41) is 3.17. The number of amides is 1. The van der Waals surface area contributed by atoms with E-state index in [0.717, 1.165) is 25.7 Å². The summed E-state index contributed by atoms with van der Waals surface area (Å²) in [7, 11) is 0. The van der Waals surface area contributed by atoms with Crippen LogP contribution in [0, 0.1) is 3.57 Å². The van der Waals surface area contributed by atoms with Crippen LogP contribution in [-0.4, -0.2) is 11.9 Å². The number of hydrogen-bond acceptors (Lipinski definition) is 1. The zero-order valence-electron chi connectivity index (χ0n) is 10.8. The maximum Gasteiger partial charge on any atom is 0.220 e. The number of halogens is 1. The van der Waals surface area contributed by atoms with Crippen LogP contribution in [0.5, 0.6) is 0 Å². The Morgan fingerprint density at radius 3 is 2.94 bits per heavy atom. The molecule has 1 atom stereocenters. The van der Waals surface area contributed by atoms with E-state index >= 15 is 0 Å². The van der Waals surface area contributed by atoms with E-state index in [1.807, 2.05) is 0 Å². The molecule has 0 spiro atoms. The van der Waals surface area contributed by atoms with Crippen LogP contribution in [0.1, 0.15) is 43.7 Å². The predicted molar refractivity (Wildman–Crippen MR) is 82.6 cm³/mol. The average molecular weight is 357 g/mol. The molecule has 2 nitrogen and oxygen atoms in total. The van der Waals surface area contributed by atoms with Gasteiger partial charge in [0, 0.05) is 16.0 Å². The highest BCUT2D eigenvalue weighted by Gasteiger charge is 2.23. The first-order chi connectivity index (χ1) is 8.70. The van der Waals surface area contributed by atoms with Crippen LogP contribution in [0.4, 0.5) is 0 Å². The molecule has 0 bridgehead atoms. The smallest absolute Gasteiger partial charge is 0.220 e. The van der Waals surface area contributed by atoms with E-state index in [9.17, 15) is 4.79 Å². The molecular formula is C15H20INO. The largest absolute Gasteiger partial charge is 0.353 e. The molecule has 0 radical (unpaired) electrons. The summed E-state index contributed by atoms with van der Waals surface area (Å²) in [4.78, 5) is 11.8. The minimum absolute atomic E-state index is 0.219. The van der Waals surface area contributed by atoms with Crippen LogP contribution in [0.15, 0.2) is 18.2 Å². The van der Waals surface area contributed by atoms with E-state index in [0.29, 0.717) is 12.5 Å². The molecule has 0 aromatic heterocycles. The van der Waals surface area contributed by atoms with Crippen molar-refractivity contribution in [2.45, 2.75) is 51.5 Å². The van der Waals surface area contributed by atoms with Crippen LogP contribution in [0.25, 0.3) is 0 Å². The van der Waals surface area contributed by atoms with Gasteiger partial charge in [-0.1, -0.05) is 31.9 Å². The third-order valence-corrected chi connectivity index (χ3v) is 4.52. The van der Waals surface area contributed by atoms with Crippen molar-refractivity contribution >= 4 is 28.5 Å². The van der Waals surface area contributed by atoms with E-state index in [1.54, 1.807) is 0 Å². The zero-order chi connectivity index (χ0) is 13.0. The van der Waals surface area contributed by atoms with Crippen molar-refractivity contribution < 1.29 is 4.79 Å². The maximum atomic E-state index is 11.8. The van der Waals surface area contributed by atoms with Gasteiger partial charge in [-0.05, 0) is 59.0 Å². The summed E-state index contributed by atoms with van der Waals surface area (Å²) in [6.45, 7) is 2.16. The Balaban J connectivity index is 1.84. The molecule has 1 amide bonds. The Morgan fingerprint density at radius 1 is 1.39 bits per heavy atom. The van der Waals surface area contributed by atoms with Crippen LogP contribution in [0.2, 0.25) is 0 Å². The second-order valence-corrected chi connectivity index (χ2v) is 6.17. The van der Waals surface area contributed by atoms with E-state index in [2.05, 4.69) is 53.0 Å². The third-order valence-electron chi connectivity index (χ3n) is 3.51. The standard InChI is InChI=1S/C15H20INO/c1-2-3-4-8-15(18)17-12-9-11-6-5-7-14(16)13(11)10-12/h5-7,12H,2-4,8-10H2,1H3,(H,17,18). The van der Waals surface area contributed by atoms with Gasteiger partial charge in [0.2, 0.25) is 5.91 Å². The Morgan fingerprint density at radius 2 is 2.22 bits per heavy atom. The monoisotopic (exact) mass is 357 g/mol. The third kappa shape index (κ3) is 3.46. The summed E-state index contributed by atoms with van der Waals surface area (Å²) in [6.07, 6.45) is 5.99. The lowest BCUT2D eigenvalue weighted by Crippen LogP contribution is -2.35. The molecule has 1 aliphatic rings. The van der Waals surface area contributed by atoms with Gasteiger partial charge >= 0.3 is 0 Å². The maximum absolute atomic E-state index is 11.8. The number of carbonyl (C=O) groups excluding carboxylic acids is 1. The van der Waals surface area contributed by atoms with Gasteiger partial charge in [0.1, 0.15) is 0 Å². The van der Waals surface area contributed by atoms with Crippen molar-refractivity contribution in [1.82, 2.24) is 5.32 Å². The van der Waals surface area contributed by atoms with Gasteiger partial charge in [-0.25, -0.2) is 0 Å².